The zero-order valence-electron chi connectivity index (χ0n) is 11.5. The van der Waals surface area contributed by atoms with Crippen molar-refractivity contribution in [3.8, 4) is 0 Å². The SMILES string of the molecule is CNC1NC=C(CCC2NC=C(C(C)(C)C)O2)S1. The zero-order chi connectivity index (χ0) is 13.2. The summed E-state index contributed by atoms with van der Waals surface area (Å²) in [5.74, 6) is 1.05. The second-order valence-electron chi connectivity index (χ2n) is 5.63. The molecule has 0 spiro atoms. The lowest BCUT2D eigenvalue weighted by Crippen LogP contribution is -2.30. The molecule has 18 heavy (non-hydrogen) atoms. The Morgan fingerprint density at radius 2 is 2.11 bits per heavy atom. The quantitative estimate of drug-likeness (QED) is 0.731. The van der Waals surface area contributed by atoms with Crippen molar-refractivity contribution in [2.45, 2.75) is 45.3 Å². The second-order valence-corrected chi connectivity index (χ2v) is 6.87. The summed E-state index contributed by atoms with van der Waals surface area (Å²) in [5, 5.41) is 9.78. The molecule has 2 unspecified atom stereocenters. The van der Waals surface area contributed by atoms with Crippen molar-refractivity contribution in [3.05, 3.63) is 23.1 Å². The van der Waals surface area contributed by atoms with Crippen LogP contribution in [0.5, 0.6) is 0 Å². The summed E-state index contributed by atoms with van der Waals surface area (Å²) in [7, 11) is 1.96. The molecule has 0 radical (unpaired) electrons. The highest BCUT2D eigenvalue weighted by molar-refractivity contribution is 8.03. The van der Waals surface area contributed by atoms with E-state index in [-0.39, 0.29) is 11.6 Å². The smallest absolute Gasteiger partial charge is 0.169 e. The number of hydrogen-bond donors (Lipinski definition) is 3. The van der Waals surface area contributed by atoms with E-state index in [0.29, 0.717) is 5.50 Å². The number of ether oxygens (including phenoxy) is 1. The third-order valence-corrected chi connectivity index (χ3v) is 4.22. The molecule has 2 rings (SSSR count). The molecule has 2 heterocycles. The topological polar surface area (TPSA) is 45.3 Å². The van der Waals surface area contributed by atoms with Gasteiger partial charge in [-0.25, -0.2) is 0 Å². The molecule has 2 aliphatic rings. The fourth-order valence-electron chi connectivity index (χ4n) is 1.86. The molecule has 0 fully saturated rings. The van der Waals surface area contributed by atoms with Gasteiger partial charge in [-0.05, 0) is 13.5 Å². The molecule has 0 bridgehead atoms. The molecule has 2 aliphatic heterocycles. The first-order chi connectivity index (χ1) is 8.49. The summed E-state index contributed by atoms with van der Waals surface area (Å²) in [6.45, 7) is 6.50. The predicted molar refractivity (Wildman–Crippen MR) is 76.4 cm³/mol. The van der Waals surface area contributed by atoms with Gasteiger partial charge in [-0.3, -0.25) is 5.32 Å². The van der Waals surface area contributed by atoms with E-state index in [1.54, 1.807) is 0 Å². The Morgan fingerprint density at radius 3 is 2.67 bits per heavy atom. The third kappa shape index (κ3) is 3.36. The molecular formula is C13H23N3OS. The minimum Gasteiger partial charge on any atom is -0.473 e. The van der Waals surface area contributed by atoms with Gasteiger partial charge < -0.3 is 15.4 Å². The number of rotatable bonds is 4. The van der Waals surface area contributed by atoms with Crippen molar-refractivity contribution in [1.29, 1.82) is 0 Å². The van der Waals surface area contributed by atoms with Gasteiger partial charge in [-0.1, -0.05) is 32.5 Å². The van der Waals surface area contributed by atoms with E-state index in [4.69, 9.17) is 4.74 Å². The zero-order valence-corrected chi connectivity index (χ0v) is 12.4. The second kappa shape index (κ2) is 5.45. The summed E-state index contributed by atoms with van der Waals surface area (Å²) >= 11 is 1.84. The minimum atomic E-state index is 0.0852. The lowest BCUT2D eigenvalue weighted by atomic mass is 9.94. The molecule has 0 amide bonds. The van der Waals surface area contributed by atoms with Gasteiger partial charge in [0.05, 0.1) is 0 Å². The Kier molecular flexibility index (Phi) is 4.12. The van der Waals surface area contributed by atoms with Gasteiger partial charge in [0.15, 0.2) is 6.23 Å². The molecule has 4 nitrogen and oxygen atoms in total. The number of allylic oxidation sites excluding steroid dienone is 2. The summed E-state index contributed by atoms with van der Waals surface area (Å²) in [4.78, 5) is 1.38. The first-order valence-electron chi connectivity index (χ1n) is 6.41. The largest absolute Gasteiger partial charge is 0.473 e. The minimum absolute atomic E-state index is 0.0852. The van der Waals surface area contributed by atoms with E-state index in [9.17, 15) is 0 Å². The average molecular weight is 269 g/mol. The highest BCUT2D eigenvalue weighted by Crippen LogP contribution is 2.32. The molecule has 0 aromatic carbocycles. The van der Waals surface area contributed by atoms with E-state index < -0.39 is 0 Å². The van der Waals surface area contributed by atoms with Gasteiger partial charge in [-0.2, -0.15) is 0 Å². The Bertz CT molecular complexity index is 360. The molecule has 5 heteroatoms. The van der Waals surface area contributed by atoms with E-state index >= 15 is 0 Å². The Balaban J connectivity index is 1.71. The number of nitrogens with one attached hydrogen (secondary N) is 3. The van der Waals surface area contributed by atoms with Crippen molar-refractivity contribution in [1.82, 2.24) is 16.0 Å². The highest BCUT2D eigenvalue weighted by atomic mass is 32.2. The Morgan fingerprint density at radius 1 is 1.33 bits per heavy atom. The fraction of sp³-hybridized carbons (Fsp3) is 0.692. The fourth-order valence-corrected chi connectivity index (χ4v) is 2.79. The molecule has 0 aromatic rings. The molecule has 102 valence electrons. The molecular weight excluding hydrogens is 246 g/mol. The van der Waals surface area contributed by atoms with Crippen LogP contribution in [0.1, 0.15) is 33.6 Å². The average Bonchev–Trinajstić information content (AvgIpc) is 2.94. The predicted octanol–water partition coefficient (Wildman–Crippen LogP) is 2.28. The van der Waals surface area contributed by atoms with Gasteiger partial charge in [0.1, 0.15) is 11.3 Å². The van der Waals surface area contributed by atoms with Crippen molar-refractivity contribution in [2.24, 2.45) is 5.41 Å². The van der Waals surface area contributed by atoms with Crippen LogP contribution in [0.25, 0.3) is 0 Å². The van der Waals surface area contributed by atoms with Gasteiger partial charge in [0.25, 0.3) is 0 Å². The lowest BCUT2D eigenvalue weighted by molar-refractivity contribution is 0.0851. The Labute approximate surface area is 114 Å². The summed E-state index contributed by atoms with van der Waals surface area (Å²) < 4.78 is 5.92. The van der Waals surface area contributed by atoms with Crippen LogP contribution in [-0.4, -0.2) is 18.8 Å². The molecule has 3 N–H and O–H groups in total. The van der Waals surface area contributed by atoms with Crippen LogP contribution in [0.4, 0.5) is 0 Å². The van der Waals surface area contributed by atoms with Crippen molar-refractivity contribution in [2.75, 3.05) is 7.05 Å². The molecule has 0 saturated carbocycles. The first kappa shape index (κ1) is 13.6. The normalized spacial score (nSPS) is 27.1. The molecule has 2 atom stereocenters. The van der Waals surface area contributed by atoms with E-state index in [1.165, 1.54) is 4.91 Å². The van der Waals surface area contributed by atoms with Crippen LogP contribution >= 0.6 is 11.8 Å². The van der Waals surface area contributed by atoms with Crippen LogP contribution < -0.4 is 16.0 Å². The third-order valence-electron chi connectivity index (χ3n) is 2.99. The van der Waals surface area contributed by atoms with Crippen molar-refractivity contribution in [3.63, 3.8) is 0 Å². The first-order valence-corrected chi connectivity index (χ1v) is 7.29. The van der Waals surface area contributed by atoms with E-state index in [2.05, 4.69) is 42.9 Å². The number of hydrogen-bond acceptors (Lipinski definition) is 5. The summed E-state index contributed by atoms with van der Waals surface area (Å²) in [6, 6.07) is 0. The van der Waals surface area contributed by atoms with Crippen LogP contribution in [0.2, 0.25) is 0 Å². The van der Waals surface area contributed by atoms with Crippen LogP contribution in [0, 0.1) is 5.41 Å². The maximum atomic E-state index is 5.92. The summed E-state index contributed by atoms with van der Waals surface area (Å²) in [5.41, 5.74) is 0.405. The standard InChI is InChI=1S/C13H23N3OS/c1-13(2,3)10-8-15-11(17-10)6-5-9-7-16-12(14-4)18-9/h7-8,11-12,14-16H,5-6H2,1-4H3. The molecule has 0 aromatic heterocycles. The van der Waals surface area contributed by atoms with Crippen molar-refractivity contribution < 1.29 is 4.74 Å². The van der Waals surface area contributed by atoms with E-state index in [0.717, 1.165) is 18.6 Å². The highest BCUT2D eigenvalue weighted by Gasteiger charge is 2.27. The van der Waals surface area contributed by atoms with Crippen LogP contribution in [-0.2, 0) is 4.74 Å². The maximum absolute atomic E-state index is 5.92. The van der Waals surface area contributed by atoms with E-state index in [1.807, 2.05) is 25.0 Å². The summed E-state index contributed by atoms with van der Waals surface area (Å²) in [6.07, 6.45) is 6.26. The monoisotopic (exact) mass is 269 g/mol. The lowest BCUT2D eigenvalue weighted by Gasteiger charge is -2.21. The van der Waals surface area contributed by atoms with Gasteiger partial charge in [-0.15, -0.1) is 0 Å². The van der Waals surface area contributed by atoms with Crippen molar-refractivity contribution >= 4 is 11.8 Å². The molecule has 0 aliphatic carbocycles. The Hall–Kier alpha value is -0.810. The molecule has 0 saturated heterocycles. The van der Waals surface area contributed by atoms with Gasteiger partial charge in [0.2, 0.25) is 0 Å². The van der Waals surface area contributed by atoms with Crippen LogP contribution in [0.3, 0.4) is 0 Å². The van der Waals surface area contributed by atoms with Gasteiger partial charge >= 0.3 is 0 Å². The number of thioether (sulfide) groups is 1. The van der Waals surface area contributed by atoms with Crippen LogP contribution in [0.15, 0.2) is 23.1 Å². The van der Waals surface area contributed by atoms with Gasteiger partial charge in [0, 0.05) is 29.1 Å². The maximum Gasteiger partial charge on any atom is 0.169 e.